The number of nitrogens with zero attached hydrogens (tertiary/aromatic N) is 4. The number of hydrogen-bond donors (Lipinski definition) is 1. The standard InChI is InChI=1S/C18H14FN5O3/c1-10-14(15-17(27-10)20-9-23(2)18(15)26)16(25)22-11-4-5-13(12(19)8-11)24-7-3-6-21-24/h3-9H,1-2H3,(H,22,25). The number of carbonyl (C=O) groups is 1. The molecular weight excluding hydrogens is 353 g/mol. The molecule has 0 atom stereocenters. The third kappa shape index (κ3) is 2.78. The normalized spacial score (nSPS) is 11.1. The summed E-state index contributed by atoms with van der Waals surface area (Å²) in [5, 5.41) is 6.65. The lowest BCUT2D eigenvalue weighted by atomic mass is 10.1. The molecule has 0 aliphatic heterocycles. The molecule has 136 valence electrons. The molecule has 27 heavy (non-hydrogen) atoms. The van der Waals surface area contributed by atoms with Crippen LogP contribution in [0.4, 0.5) is 10.1 Å². The second-order valence-corrected chi connectivity index (χ2v) is 5.94. The van der Waals surface area contributed by atoms with Gasteiger partial charge in [0.2, 0.25) is 5.71 Å². The summed E-state index contributed by atoms with van der Waals surface area (Å²) in [7, 11) is 1.53. The molecule has 3 aromatic heterocycles. The van der Waals surface area contributed by atoms with Crippen molar-refractivity contribution in [3.05, 3.63) is 70.5 Å². The summed E-state index contributed by atoms with van der Waals surface area (Å²) in [6, 6.07) is 5.91. The average Bonchev–Trinajstić information content (AvgIpc) is 3.26. The van der Waals surface area contributed by atoms with Crippen LogP contribution in [-0.4, -0.2) is 25.2 Å². The molecule has 0 saturated carbocycles. The van der Waals surface area contributed by atoms with Crippen LogP contribution in [0.1, 0.15) is 16.1 Å². The fourth-order valence-electron chi connectivity index (χ4n) is 2.84. The van der Waals surface area contributed by atoms with E-state index in [1.54, 1.807) is 25.3 Å². The molecule has 0 radical (unpaired) electrons. The molecule has 0 bridgehead atoms. The zero-order chi connectivity index (χ0) is 19.1. The van der Waals surface area contributed by atoms with E-state index >= 15 is 0 Å². The zero-order valence-corrected chi connectivity index (χ0v) is 14.4. The Balaban J connectivity index is 1.70. The van der Waals surface area contributed by atoms with Gasteiger partial charge < -0.3 is 14.3 Å². The van der Waals surface area contributed by atoms with Crippen molar-refractivity contribution in [1.29, 1.82) is 0 Å². The SMILES string of the molecule is Cc1oc2ncn(C)c(=O)c2c1C(=O)Nc1ccc(-n2cccn2)c(F)c1. The molecule has 4 rings (SSSR count). The largest absolute Gasteiger partial charge is 0.442 e. The van der Waals surface area contributed by atoms with Crippen LogP contribution in [0.5, 0.6) is 0 Å². The van der Waals surface area contributed by atoms with E-state index in [1.807, 2.05) is 0 Å². The second kappa shape index (κ2) is 6.20. The van der Waals surface area contributed by atoms with Gasteiger partial charge in [-0.2, -0.15) is 5.10 Å². The highest BCUT2D eigenvalue weighted by Gasteiger charge is 2.22. The van der Waals surface area contributed by atoms with E-state index in [0.29, 0.717) is 0 Å². The Morgan fingerprint density at radius 2 is 2.15 bits per heavy atom. The molecular formula is C18H14FN5O3. The Kier molecular flexibility index (Phi) is 3.84. The van der Waals surface area contributed by atoms with Crippen LogP contribution in [0.15, 0.2) is 52.2 Å². The van der Waals surface area contributed by atoms with Crippen LogP contribution in [-0.2, 0) is 7.05 Å². The van der Waals surface area contributed by atoms with Gasteiger partial charge in [-0.1, -0.05) is 0 Å². The molecule has 3 heterocycles. The Bertz CT molecular complexity index is 1220. The molecule has 4 aromatic rings. The van der Waals surface area contributed by atoms with Crippen molar-refractivity contribution in [3.63, 3.8) is 0 Å². The highest BCUT2D eigenvalue weighted by Crippen LogP contribution is 2.23. The van der Waals surface area contributed by atoms with Gasteiger partial charge in [0.15, 0.2) is 5.82 Å². The summed E-state index contributed by atoms with van der Waals surface area (Å²) in [6.45, 7) is 1.57. The van der Waals surface area contributed by atoms with Crippen molar-refractivity contribution >= 4 is 22.7 Å². The molecule has 0 unspecified atom stereocenters. The smallest absolute Gasteiger partial charge is 0.265 e. The number of hydrogen-bond acceptors (Lipinski definition) is 5. The van der Waals surface area contributed by atoms with E-state index in [0.717, 1.165) is 0 Å². The molecule has 0 aliphatic carbocycles. The number of carbonyl (C=O) groups excluding carboxylic acids is 1. The van der Waals surface area contributed by atoms with E-state index in [1.165, 1.54) is 41.0 Å². The van der Waals surface area contributed by atoms with Gasteiger partial charge in [0.1, 0.15) is 23.2 Å². The minimum atomic E-state index is -0.581. The molecule has 0 fully saturated rings. The van der Waals surface area contributed by atoms with Crippen LogP contribution in [0, 0.1) is 12.7 Å². The number of rotatable bonds is 3. The Morgan fingerprint density at radius 3 is 2.85 bits per heavy atom. The van der Waals surface area contributed by atoms with Gasteiger partial charge in [-0.3, -0.25) is 9.59 Å². The van der Waals surface area contributed by atoms with Crippen molar-refractivity contribution in [2.75, 3.05) is 5.32 Å². The van der Waals surface area contributed by atoms with Gasteiger partial charge in [-0.25, -0.2) is 14.1 Å². The number of fused-ring (bicyclic) bond motifs is 1. The maximum absolute atomic E-state index is 14.4. The lowest BCUT2D eigenvalue weighted by Gasteiger charge is -2.08. The summed E-state index contributed by atoms with van der Waals surface area (Å²) in [5.74, 6) is -0.877. The van der Waals surface area contributed by atoms with Crippen molar-refractivity contribution < 1.29 is 13.6 Å². The van der Waals surface area contributed by atoms with Gasteiger partial charge in [0, 0.05) is 25.1 Å². The van der Waals surface area contributed by atoms with Crippen molar-refractivity contribution in [3.8, 4) is 5.69 Å². The number of anilines is 1. The monoisotopic (exact) mass is 367 g/mol. The van der Waals surface area contributed by atoms with Gasteiger partial charge in [0.05, 0.1) is 5.56 Å². The Hall–Kier alpha value is -3.75. The van der Waals surface area contributed by atoms with Crippen molar-refractivity contribution in [2.24, 2.45) is 7.05 Å². The predicted molar refractivity (Wildman–Crippen MR) is 95.5 cm³/mol. The first-order chi connectivity index (χ1) is 13.0. The van der Waals surface area contributed by atoms with Gasteiger partial charge in [-0.05, 0) is 31.2 Å². The summed E-state index contributed by atoms with van der Waals surface area (Å²) in [4.78, 5) is 29.1. The van der Waals surface area contributed by atoms with E-state index in [-0.39, 0.29) is 33.8 Å². The van der Waals surface area contributed by atoms with Crippen LogP contribution in [0.2, 0.25) is 0 Å². The van der Waals surface area contributed by atoms with Gasteiger partial charge in [0.25, 0.3) is 11.5 Å². The summed E-state index contributed by atoms with van der Waals surface area (Å²) >= 11 is 0. The van der Waals surface area contributed by atoms with Crippen molar-refractivity contribution in [1.82, 2.24) is 19.3 Å². The molecule has 0 spiro atoms. The number of amides is 1. The molecule has 9 heteroatoms. The van der Waals surface area contributed by atoms with E-state index in [2.05, 4.69) is 15.4 Å². The third-order valence-electron chi connectivity index (χ3n) is 4.13. The van der Waals surface area contributed by atoms with Crippen LogP contribution >= 0.6 is 0 Å². The van der Waals surface area contributed by atoms with Gasteiger partial charge >= 0.3 is 0 Å². The maximum atomic E-state index is 14.4. The Labute approximate surface area is 151 Å². The minimum absolute atomic E-state index is 0.0789. The zero-order valence-electron chi connectivity index (χ0n) is 14.4. The lowest BCUT2D eigenvalue weighted by Crippen LogP contribution is -2.20. The maximum Gasteiger partial charge on any atom is 0.265 e. The minimum Gasteiger partial charge on any atom is -0.442 e. The molecule has 8 nitrogen and oxygen atoms in total. The number of aromatic nitrogens is 4. The van der Waals surface area contributed by atoms with E-state index < -0.39 is 17.3 Å². The lowest BCUT2D eigenvalue weighted by molar-refractivity contribution is 0.102. The first-order valence-corrected chi connectivity index (χ1v) is 8.01. The van der Waals surface area contributed by atoms with E-state index in [4.69, 9.17) is 4.42 Å². The van der Waals surface area contributed by atoms with Crippen LogP contribution in [0.3, 0.4) is 0 Å². The molecule has 0 aliphatic rings. The molecule has 0 saturated heterocycles. The number of benzene rings is 1. The number of furan rings is 1. The Morgan fingerprint density at radius 1 is 1.33 bits per heavy atom. The first kappa shape index (κ1) is 16.7. The van der Waals surface area contributed by atoms with E-state index in [9.17, 15) is 14.0 Å². The highest BCUT2D eigenvalue weighted by atomic mass is 19.1. The van der Waals surface area contributed by atoms with Crippen LogP contribution in [0.25, 0.3) is 16.8 Å². The fraction of sp³-hybridized carbons (Fsp3) is 0.111. The second-order valence-electron chi connectivity index (χ2n) is 5.94. The highest BCUT2D eigenvalue weighted by molar-refractivity contribution is 6.12. The number of aryl methyl sites for hydroxylation is 2. The van der Waals surface area contributed by atoms with Gasteiger partial charge in [-0.15, -0.1) is 0 Å². The third-order valence-corrected chi connectivity index (χ3v) is 4.13. The molecule has 1 amide bonds. The average molecular weight is 367 g/mol. The summed E-state index contributed by atoms with van der Waals surface area (Å²) in [5.41, 5.74) is 0.252. The molecule has 1 aromatic carbocycles. The summed E-state index contributed by atoms with van der Waals surface area (Å²) < 4.78 is 22.4. The quantitative estimate of drug-likeness (QED) is 0.600. The molecule has 1 N–H and O–H groups in total. The predicted octanol–water partition coefficient (Wildman–Crippen LogP) is 2.41. The summed E-state index contributed by atoms with van der Waals surface area (Å²) in [6.07, 6.45) is 4.47. The number of halogens is 1. The van der Waals surface area contributed by atoms with Crippen molar-refractivity contribution in [2.45, 2.75) is 6.92 Å². The fourth-order valence-corrected chi connectivity index (χ4v) is 2.84. The topological polar surface area (TPSA) is 95.0 Å². The first-order valence-electron chi connectivity index (χ1n) is 8.01. The number of nitrogens with one attached hydrogen (secondary N) is 1. The van der Waals surface area contributed by atoms with Crippen LogP contribution < -0.4 is 10.9 Å².